The molecule has 0 rings (SSSR count). The fourth-order valence-electron chi connectivity index (χ4n) is 1.12. The van der Waals surface area contributed by atoms with Gasteiger partial charge in [0.15, 0.2) is 0 Å². The lowest BCUT2D eigenvalue weighted by Gasteiger charge is -2.40. The Morgan fingerprint density at radius 1 is 0.667 bits per heavy atom. The van der Waals surface area contributed by atoms with Crippen molar-refractivity contribution in [1.29, 1.82) is 0 Å². The van der Waals surface area contributed by atoms with E-state index >= 15 is 0 Å². The summed E-state index contributed by atoms with van der Waals surface area (Å²) >= 11 is 0. The molecule has 0 N–H and O–H groups in total. The fraction of sp³-hybridized carbons (Fsp3) is 0.778. The Morgan fingerprint density at radius 2 is 1.04 bits per heavy atom. The van der Waals surface area contributed by atoms with Crippen LogP contribution in [-0.4, -0.2) is 48.4 Å². The third kappa shape index (κ3) is 4.35. The lowest BCUT2D eigenvalue weighted by atomic mass is 10.1. The first-order valence-corrected chi connectivity index (χ1v) is 5.58. The maximum Gasteiger partial charge on any atom is 0.464 e. The molecule has 0 aromatic rings. The molecule has 0 spiro atoms. The van der Waals surface area contributed by atoms with E-state index in [1.807, 2.05) is 0 Å². The molecule has 18 heteroatoms. The van der Waals surface area contributed by atoms with Gasteiger partial charge in [-0.3, -0.25) is 0 Å². The van der Waals surface area contributed by atoms with Gasteiger partial charge in [-0.2, -0.15) is 75.1 Å². The normalized spacial score (nSPS) is 15.3. The summed E-state index contributed by atoms with van der Waals surface area (Å²) in [7, 11) is -0.988. The van der Waals surface area contributed by atoms with Gasteiger partial charge in [-0.1, -0.05) is 0 Å². The van der Waals surface area contributed by atoms with Crippen molar-refractivity contribution in [2.45, 2.75) is 36.4 Å². The van der Waals surface area contributed by atoms with Crippen LogP contribution in [0.15, 0.2) is 11.9 Å². The minimum atomic E-state index is -7.89. The molecule has 0 bridgehead atoms. The molecule has 27 heavy (non-hydrogen) atoms. The molecule has 0 saturated carbocycles. The van der Waals surface area contributed by atoms with Crippen LogP contribution in [0.2, 0.25) is 0 Å². The number of hydrogen-bond acceptors (Lipinski definition) is 2. The van der Waals surface area contributed by atoms with Crippen molar-refractivity contribution < 1.29 is 75.0 Å². The van der Waals surface area contributed by atoms with E-state index in [1.54, 1.807) is 0 Å². The first kappa shape index (κ1) is 25.5. The minimum absolute atomic E-state index is 0.988. The highest BCUT2D eigenvalue weighted by Gasteiger charge is 2.85. The highest BCUT2D eigenvalue weighted by molar-refractivity contribution is 5.04. The average Bonchev–Trinajstić information content (AvgIpc) is 2.42. The van der Waals surface area contributed by atoms with Crippen LogP contribution < -0.4 is 0 Å². The second kappa shape index (κ2) is 6.85. The first-order chi connectivity index (χ1) is 11.5. The van der Waals surface area contributed by atoms with Crippen LogP contribution in [0.4, 0.5) is 70.2 Å². The highest BCUT2D eigenvalue weighted by Crippen LogP contribution is 2.56. The van der Waals surface area contributed by atoms with Crippen LogP contribution in [0.5, 0.6) is 0 Å². The van der Waals surface area contributed by atoms with Crippen molar-refractivity contribution in [2.24, 2.45) is 0 Å². The molecule has 162 valence electrons. The Balaban J connectivity index is 6.18. The van der Waals surface area contributed by atoms with Gasteiger partial charge >= 0.3 is 42.5 Å². The van der Waals surface area contributed by atoms with Gasteiger partial charge in [0.1, 0.15) is 0 Å². The molecule has 0 saturated heterocycles. The SMILES string of the molecule is CN(C(F)(F)F)C(F)(F)C(F)(F)C(F)(F)C(F)(F)OC(F)(F)C(F)=C(F)F. The Hall–Kier alpha value is -1.46. The molecule has 0 aliphatic carbocycles. The molecule has 0 aliphatic rings. The van der Waals surface area contributed by atoms with Crippen LogP contribution in [0.1, 0.15) is 0 Å². The average molecular weight is 445 g/mol. The topological polar surface area (TPSA) is 12.5 Å². The summed E-state index contributed by atoms with van der Waals surface area (Å²) in [5.41, 5.74) is 0. The van der Waals surface area contributed by atoms with Crippen LogP contribution in [0.25, 0.3) is 0 Å². The number of hydrogen-bond donors (Lipinski definition) is 0. The van der Waals surface area contributed by atoms with Crippen molar-refractivity contribution >= 4 is 0 Å². The summed E-state index contributed by atoms with van der Waals surface area (Å²) < 4.78 is 202. The van der Waals surface area contributed by atoms with Gasteiger partial charge in [0.2, 0.25) is 0 Å². The lowest BCUT2D eigenvalue weighted by Crippen LogP contribution is -2.69. The zero-order valence-electron chi connectivity index (χ0n) is 11.9. The summed E-state index contributed by atoms with van der Waals surface area (Å²) in [6.45, 7) is 0. The van der Waals surface area contributed by atoms with E-state index in [2.05, 4.69) is 0 Å². The van der Waals surface area contributed by atoms with Crippen molar-refractivity contribution in [3.8, 4) is 0 Å². The largest absolute Gasteiger partial charge is 0.464 e. The fourth-order valence-corrected chi connectivity index (χ4v) is 1.12. The summed E-state index contributed by atoms with van der Waals surface area (Å²) in [5, 5.41) is 0. The van der Waals surface area contributed by atoms with Crippen molar-refractivity contribution in [3.05, 3.63) is 11.9 Å². The number of alkyl halides is 13. The second-order valence-electron chi connectivity index (χ2n) is 4.43. The summed E-state index contributed by atoms with van der Waals surface area (Å²) in [6, 6.07) is -7.20. The van der Waals surface area contributed by atoms with Crippen molar-refractivity contribution in [3.63, 3.8) is 0 Å². The number of halogens is 16. The quantitative estimate of drug-likeness (QED) is 0.375. The number of ether oxygens (including phenoxy) is 1. The van der Waals surface area contributed by atoms with Gasteiger partial charge in [0.05, 0.1) is 0 Å². The summed E-state index contributed by atoms with van der Waals surface area (Å²) in [4.78, 5) is -2.76. The van der Waals surface area contributed by atoms with Gasteiger partial charge in [-0.25, -0.2) is 4.74 Å². The van der Waals surface area contributed by atoms with E-state index < -0.39 is 60.3 Å². The number of nitrogens with zero attached hydrogens (tertiary/aromatic N) is 1. The lowest BCUT2D eigenvalue weighted by molar-refractivity contribution is -0.487. The first-order valence-electron chi connectivity index (χ1n) is 5.58. The molecule has 0 aromatic carbocycles. The smallest absolute Gasteiger partial charge is 0.244 e. The van der Waals surface area contributed by atoms with Crippen LogP contribution in [0.3, 0.4) is 0 Å². The summed E-state index contributed by atoms with van der Waals surface area (Å²) in [5.74, 6) is -20.0. The molecular formula is C9H3F16NO. The molecule has 0 fully saturated rings. The zero-order chi connectivity index (χ0) is 22.4. The van der Waals surface area contributed by atoms with E-state index in [4.69, 9.17) is 0 Å². The van der Waals surface area contributed by atoms with E-state index in [0.717, 1.165) is 0 Å². The second-order valence-corrected chi connectivity index (χ2v) is 4.43. The van der Waals surface area contributed by atoms with Gasteiger partial charge < -0.3 is 0 Å². The van der Waals surface area contributed by atoms with Gasteiger partial charge in [-0.15, -0.1) is 0 Å². The highest BCUT2D eigenvalue weighted by atomic mass is 19.4. The Labute approximate surface area is 136 Å². The molecular weight excluding hydrogens is 442 g/mol. The van der Waals surface area contributed by atoms with E-state index in [9.17, 15) is 70.2 Å². The van der Waals surface area contributed by atoms with Crippen LogP contribution in [-0.2, 0) is 4.74 Å². The Kier molecular flexibility index (Phi) is 6.48. The van der Waals surface area contributed by atoms with E-state index in [0.29, 0.717) is 0 Å². The Bertz CT molecular complexity index is 573. The predicted octanol–water partition coefficient (Wildman–Crippen LogP) is 5.58. The third-order valence-corrected chi connectivity index (χ3v) is 2.62. The monoisotopic (exact) mass is 445 g/mol. The van der Waals surface area contributed by atoms with Gasteiger partial charge in [0.25, 0.3) is 5.83 Å². The minimum Gasteiger partial charge on any atom is -0.244 e. The predicted molar refractivity (Wildman–Crippen MR) is 50.0 cm³/mol. The van der Waals surface area contributed by atoms with Crippen LogP contribution in [0, 0.1) is 0 Å². The maximum absolute atomic E-state index is 13.1. The zero-order valence-corrected chi connectivity index (χ0v) is 11.9. The third-order valence-electron chi connectivity index (χ3n) is 2.62. The Morgan fingerprint density at radius 3 is 1.33 bits per heavy atom. The van der Waals surface area contributed by atoms with E-state index in [1.165, 1.54) is 4.74 Å². The molecule has 0 aliphatic heterocycles. The molecule has 0 heterocycles. The van der Waals surface area contributed by atoms with E-state index in [-0.39, 0.29) is 0 Å². The van der Waals surface area contributed by atoms with Crippen LogP contribution >= 0.6 is 0 Å². The molecule has 0 aromatic heterocycles. The van der Waals surface area contributed by atoms with Crippen molar-refractivity contribution in [1.82, 2.24) is 4.90 Å². The molecule has 0 radical (unpaired) electrons. The van der Waals surface area contributed by atoms with Crippen molar-refractivity contribution in [2.75, 3.05) is 7.05 Å². The standard InChI is InChI=1S/C9H3F16NO/c1-26(9(23,24)25)7(19,20)5(15,16)6(17,18)8(21,22)27-4(13,14)2(10)3(11)12/h1H3. The molecule has 2 nitrogen and oxygen atoms in total. The molecule has 0 amide bonds. The van der Waals surface area contributed by atoms with Gasteiger partial charge in [0, 0.05) is 7.05 Å². The molecule has 0 atom stereocenters. The molecule has 0 unspecified atom stereocenters. The number of rotatable bonds is 7. The summed E-state index contributed by atoms with van der Waals surface area (Å²) in [6.07, 6.45) is -25.0. The van der Waals surface area contributed by atoms with Gasteiger partial charge in [-0.05, 0) is 0 Å². The maximum atomic E-state index is 13.1.